The van der Waals surface area contributed by atoms with Crippen LogP contribution in [0.2, 0.25) is 0 Å². The van der Waals surface area contributed by atoms with Crippen molar-refractivity contribution in [2.24, 2.45) is 4.99 Å². The number of aliphatic imine (C=N–C) groups is 1. The summed E-state index contributed by atoms with van der Waals surface area (Å²) in [4.78, 5) is 38.4. The third-order valence-corrected chi connectivity index (χ3v) is 7.18. The molecule has 13 heteroatoms. The van der Waals surface area contributed by atoms with Gasteiger partial charge in [0.2, 0.25) is 15.9 Å². The lowest BCUT2D eigenvalue weighted by atomic mass is 10.0. The maximum Gasteiger partial charge on any atom is 0.303 e. The Balaban J connectivity index is 1.49. The van der Waals surface area contributed by atoms with Gasteiger partial charge >= 0.3 is 5.97 Å². The topological polar surface area (TPSA) is 166 Å². The number of hydrogen-bond donors (Lipinski definition) is 4. The second-order valence-corrected chi connectivity index (χ2v) is 9.95. The Kier molecular flexibility index (Phi) is 7.68. The molecule has 35 heavy (non-hydrogen) atoms. The highest BCUT2D eigenvalue weighted by atomic mass is 32.2. The molecule has 3 heterocycles. The normalized spacial score (nSPS) is 18.0. The number of fused-ring (bicyclic) bond motifs is 1. The standard InChI is InChI=1S/C22H27N7O5S/c30-18(31)6-1-2-7-27-35(33,34)16-5-3-4-15(12-16)24-13-17-19-20(28-22(17)32)25-14-26-21(19)29-10-8-23-9-11-29/h3-5,12-14,17,23,27H,1-2,6-11H2,(H,30,31)(H,25,26,28,32). The zero-order valence-corrected chi connectivity index (χ0v) is 19.8. The number of sulfonamides is 1. The van der Waals surface area contributed by atoms with Gasteiger partial charge < -0.3 is 20.6 Å². The fourth-order valence-corrected chi connectivity index (χ4v) is 5.06. The van der Waals surface area contributed by atoms with Crippen LogP contribution in [0.4, 0.5) is 17.3 Å². The van der Waals surface area contributed by atoms with Crippen LogP contribution in [-0.2, 0) is 19.6 Å². The van der Waals surface area contributed by atoms with Crippen LogP contribution in [-0.4, -0.2) is 74.3 Å². The molecule has 4 N–H and O–H groups in total. The molecule has 1 aromatic heterocycles. The van der Waals surface area contributed by atoms with Crippen molar-refractivity contribution in [1.82, 2.24) is 20.0 Å². The number of carboxylic acids is 1. The Bertz CT molecular complexity index is 1230. The average molecular weight is 502 g/mol. The van der Waals surface area contributed by atoms with E-state index in [1.54, 1.807) is 12.1 Å². The molecule has 12 nitrogen and oxygen atoms in total. The van der Waals surface area contributed by atoms with Crippen molar-refractivity contribution in [3.8, 4) is 0 Å². The van der Waals surface area contributed by atoms with E-state index in [9.17, 15) is 18.0 Å². The van der Waals surface area contributed by atoms with Crippen LogP contribution in [0.25, 0.3) is 0 Å². The molecule has 1 fully saturated rings. The number of aromatic nitrogens is 2. The highest BCUT2D eigenvalue weighted by molar-refractivity contribution is 7.89. The van der Waals surface area contributed by atoms with Crippen molar-refractivity contribution in [3.63, 3.8) is 0 Å². The van der Waals surface area contributed by atoms with E-state index in [4.69, 9.17) is 5.11 Å². The van der Waals surface area contributed by atoms with Gasteiger partial charge in [0, 0.05) is 45.4 Å². The molecule has 1 atom stereocenters. The van der Waals surface area contributed by atoms with E-state index in [0.717, 1.165) is 26.2 Å². The van der Waals surface area contributed by atoms with E-state index >= 15 is 0 Å². The minimum absolute atomic E-state index is 0.00873. The molecule has 2 aromatic rings. The van der Waals surface area contributed by atoms with E-state index in [2.05, 4.69) is 35.2 Å². The first-order valence-corrected chi connectivity index (χ1v) is 12.8. The van der Waals surface area contributed by atoms with E-state index in [1.807, 2.05) is 0 Å². The third kappa shape index (κ3) is 5.99. The van der Waals surface area contributed by atoms with E-state index in [0.29, 0.717) is 35.7 Å². The van der Waals surface area contributed by atoms with Gasteiger partial charge in [-0.1, -0.05) is 6.07 Å². The molecule has 2 aliphatic heterocycles. The third-order valence-electron chi connectivity index (χ3n) is 5.72. The molecule has 0 saturated carbocycles. The summed E-state index contributed by atoms with van der Waals surface area (Å²) < 4.78 is 27.7. The molecule has 0 spiro atoms. The van der Waals surface area contributed by atoms with Crippen molar-refractivity contribution < 1.29 is 23.1 Å². The van der Waals surface area contributed by atoms with Crippen LogP contribution >= 0.6 is 0 Å². The van der Waals surface area contributed by atoms with E-state index < -0.39 is 21.9 Å². The van der Waals surface area contributed by atoms with Gasteiger partial charge in [0.15, 0.2) is 0 Å². The number of aliphatic carboxylic acids is 1. The predicted molar refractivity (Wildman–Crippen MR) is 130 cm³/mol. The SMILES string of the molecule is O=C(O)CCCCNS(=O)(=O)c1cccc(N=CC2C(=O)Nc3ncnc(N4CCNCC4)c32)c1. The van der Waals surface area contributed by atoms with Gasteiger partial charge in [-0.3, -0.25) is 14.6 Å². The quantitative estimate of drug-likeness (QED) is 0.273. The minimum atomic E-state index is -3.78. The molecule has 0 radical (unpaired) electrons. The molecular formula is C22H27N7O5S. The predicted octanol–water partition coefficient (Wildman–Crippen LogP) is 0.858. The van der Waals surface area contributed by atoms with Gasteiger partial charge in [-0.2, -0.15) is 0 Å². The van der Waals surface area contributed by atoms with Crippen molar-refractivity contribution in [3.05, 3.63) is 36.2 Å². The molecule has 1 aromatic carbocycles. The largest absolute Gasteiger partial charge is 0.481 e. The van der Waals surface area contributed by atoms with Crippen LogP contribution < -0.4 is 20.3 Å². The zero-order valence-electron chi connectivity index (χ0n) is 19.0. The van der Waals surface area contributed by atoms with Crippen molar-refractivity contribution in [2.45, 2.75) is 30.1 Å². The van der Waals surface area contributed by atoms with Crippen LogP contribution in [0.3, 0.4) is 0 Å². The Morgan fingerprint density at radius 2 is 2.06 bits per heavy atom. The summed E-state index contributed by atoms with van der Waals surface area (Å²) in [6.45, 7) is 3.27. The highest BCUT2D eigenvalue weighted by Crippen LogP contribution is 2.36. The average Bonchev–Trinajstić information content (AvgIpc) is 3.18. The Hall–Kier alpha value is -3.42. The molecule has 0 aliphatic carbocycles. The van der Waals surface area contributed by atoms with Crippen molar-refractivity contribution >= 4 is 45.4 Å². The lowest BCUT2D eigenvalue weighted by Crippen LogP contribution is -2.44. The fraction of sp³-hybridized carbons (Fsp3) is 0.409. The summed E-state index contributed by atoms with van der Waals surface area (Å²) in [5.74, 6) is -0.743. The van der Waals surface area contributed by atoms with Crippen molar-refractivity contribution in [2.75, 3.05) is 42.9 Å². The summed E-state index contributed by atoms with van der Waals surface area (Å²) >= 11 is 0. The Morgan fingerprint density at radius 1 is 1.26 bits per heavy atom. The summed E-state index contributed by atoms with van der Waals surface area (Å²) in [5.41, 5.74) is 1.04. The van der Waals surface area contributed by atoms with Gasteiger partial charge in [0.25, 0.3) is 0 Å². The zero-order chi connectivity index (χ0) is 24.8. The summed E-state index contributed by atoms with van der Waals surface area (Å²) in [5, 5.41) is 14.7. The molecule has 1 unspecified atom stereocenters. The number of nitrogens with one attached hydrogen (secondary N) is 3. The molecule has 1 amide bonds. The number of nitrogens with zero attached hydrogens (tertiary/aromatic N) is 4. The second-order valence-electron chi connectivity index (χ2n) is 8.19. The maximum atomic E-state index is 12.7. The van der Waals surface area contributed by atoms with Gasteiger partial charge in [-0.15, -0.1) is 0 Å². The monoisotopic (exact) mass is 501 g/mol. The summed E-state index contributed by atoms with van der Waals surface area (Å²) in [6, 6.07) is 6.09. The number of carboxylic acid groups (broad SMARTS) is 1. The van der Waals surface area contributed by atoms with Crippen LogP contribution in [0.1, 0.15) is 30.7 Å². The molecule has 2 aliphatic rings. The van der Waals surface area contributed by atoms with Gasteiger partial charge in [-0.05, 0) is 31.0 Å². The number of hydrogen-bond acceptors (Lipinski definition) is 9. The number of rotatable bonds is 10. The minimum Gasteiger partial charge on any atom is -0.481 e. The first-order valence-electron chi connectivity index (χ1n) is 11.3. The number of unbranched alkanes of at least 4 members (excludes halogenated alkanes) is 1. The van der Waals surface area contributed by atoms with Crippen LogP contribution in [0.5, 0.6) is 0 Å². The van der Waals surface area contributed by atoms with Gasteiger partial charge in [0.1, 0.15) is 23.9 Å². The molecule has 186 valence electrons. The van der Waals surface area contributed by atoms with Gasteiger partial charge in [0.05, 0.1) is 16.1 Å². The molecule has 4 rings (SSSR count). The molecular weight excluding hydrogens is 474 g/mol. The number of amides is 1. The Morgan fingerprint density at radius 3 is 2.83 bits per heavy atom. The van der Waals surface area contributed by atoms with Gasteiger partial charge in [-0.25, -0.2) is 23.1 Å². The maximum absolute atomic E-state index is 12.7. The lowest BCUT2D eigenvalue weighted by Gasteiger charge is -2.29. The first-order chi connectivity index (χ1) is 16.8. The van der Waals surface area contributed by atoms with Crippen LogP contribution in [0, 0.1) is 0 Å². The summed E-state index contributed by atoms with van der Waals surface area (Å²) in [7, 11) is -3.78. The summed E-state index contributed by atoms with van der Waals surface area (Å²) in [6.07, 6.45) is 3.70. The number of carbonyl (C=O) groups excluding carboxylic acids is 1. The number of anilines is 2. The Labute approximate surface area is 202 Å². The van der Waals surface area contributed by atoms with E-state index in [-0.39, 0.29) is 23.8 Å². The fourth-order valence-electron chi connectivity index (χ4n) is 3.95. The molecule has 1 saturated heterocycles. The highest BCUT2D eigenvalue weighted by Gasteiger charge is 2.35. The number of carbonyl (C=O) groups is 2. The number of benzene rings is 1. The second kappa shape index (κ2) is 10.9. The first kappa shape index (κ1) is 24.7. The van der Waals surface area contributed by atoms with E-state index in [1.165, 1.54) is 24.7 Å². The van der Waals surface area contributed by atoms with Crippen LogP contribution in [0.15, 0.2) is 40.5 Å². The number of piperazine rings is 1. The smallest absolute Gasteiger partial charge is 0.303 e. The molecule has 0 bridgehead atoms. The lowest BCUT2D eigenvalue weighted by molar-refractivity contribution is -0.137. The van der Waals surface area contributed by atoms with Crippen molar-refractivity contribution in [1.29, 1.82) is 0 Å².